The third-order valence-corrected chi connectivity index (χ3v) is 3.26. The normalized spacial score (nSPS) is 10.3. The number of nitrogens with one attached hydrogen (secondary N) is 1. The first-order chi connectivity index (χ1) is 8.99. The summed E-state index contributed by atoms with van der Waals surface area (Å²) in [7, 11) is 0. The Morgan fingerprint density at radius 3 is 2.68 bits per heavy atom. The van der Waals surface area contributed by atoms with Crippen molar-refractivity contribution < 1.29 is 9.18 Å². The zero-order chi connectivity index (χ0) is 14.0. The molecule has 2 nitrogen and oxygen atoms in total. The molecule has 2 rings (SSSR count). The molecule has 1 N–H and O–H groups in total. The predicted octanol–water partition coefficient (Wildman–Crippen LogP) is 3.98. The molecule has 1 amide bonds. The molecule has 0 saturated carbocycles. The van der Waals surface area contributed by atoms with Gasteiger partial charge in [-0.1, -0.05) is 12.1 Å². The number of benzene rings is 2. The van der Waals surface area contributed by atoms with Gasteiger partial charge in [-0.15, -0.1) is 12.6 Å². The lowest BCUT2D eigenvalue weighted by atomic mass is 10.1. The minimum absolute atomic E-state index is 0.262. The highest BCUT2D eigenvalue weighted by Crippen LogP contribution is 2.20. The van der Waals surface area contributed by atoms with Crippen molar-refractivity contribution in [3.8, 4) is 0 Å². The van der Waals surface area contributed by atoms with Crippen LogP contribution in [0.1, 0.15) is 21.5 Å². The highest BCUT2D eigenvalue weighted by atomic mass is 32.1. The highest BCUT2D eigenvalue weighted by Gasteiger charge is 2.12. The van der Waals surface area contributed by atoms with Crippen LogP contribution in [0.3, 0.4) is 0 Å². The zero-order valence-electron chi connectivity index (χ0n) is 10.7. The first-order valence-electron chi connectivity index (χ1n) is 5.85. The summed E-state index contributed by atoms with van der Waals surface area (Å²) in [5.74, 6) is -0.598. The van der Waals surface area contributed by atoms with Gasteiger partial charge in [0.25, 0.3) is 5.91 Å². The van der Waals surface area contributed by atoms with Crippen LogP contribution < -0.4 is 5.32 Å². The molecule has 0 unspecified atom stereocenters. The van der Waals surface area contributed by atoms with Crippen LogP contribution in [0, 0.1) is 19.7 Å². The predicted molar refractivity (Wildman–Crippen MR) is 77.5 cm³/mol. The molecule has 0 radical (unpaired) electrons. The van der Waals surface area contributed by atoms with Gasteiger partial charge in [-0.3, -0.25) is 4.79 Å². The molecule has 0 aliphatic carbocycles. The average Bonchev–Trinajstić information content (AvgIpc) is 2.38. The number of hydrogen-bond acceptors (Lipinski definition) is 2. The number of halogens is 1. The quantitative estimate of drug-likeness (QED) is 0.797. The molecule has 0 aliphatic heterocycles. The van der Waals surface area contributed by atoms with Crippen molar-refractivity contribution in [2.24, 2.45) is 0 Å². The number of amides is 1. The van der Waals surface area contributed by atoms with Crippen LogP contribution in [0.4, 0.5) is 10.1 Å². The number of thiol groups is 1. The Hall–Kier alpha value is -1.81. The van der Waals surface area contributed by atoms with E-state index in [1.165, 1.54) is 6.07 Å². The maximum Gasteiger partial charge on any atom is 0.255 e. The molecule has 0 spiro atoms. The second-order valence-electron chi connectivity index (χ2n) is 4.37. The van der Waals surface area contributed by atoms with Gasteiger partial charge < -0.3 is 5.32 Å². The average molecular weight is 275 g/mol. The zero-order valence-corrected chi connectivity index (χ0v) is 11.6. The minimum atomic E-state index is -0.336. The number of rotatable bonds is 2. The lowest BCUT2D eigenvalue weighted by Crippen LogP contribution is -2.14. The standard InChI is InChI=1S/C15H14FNOS/c1-9-6-7-11(19)8-12(9)15(18)17-14-5-3-4-13(16)10(14)2/h3-8,19H,1-2H3,(H,17,18). The Bertz CT molecular complexity index is 640. The maximum atomic E-state index is 13.4. The van der Waals surface area contributed by atoms with Crippen LogP contribution in [-0.4, -0.2) is 5.91 Å². The van der Waals surface area contributed by atoms with E-state index >= 15 is 0 Å². The minimum Gasteiger partial charge on any atom is -0.322 e. The second-order valence-corrected chi connectivity index (χ2v) is 4.88. The molecule has 4 heteroatoms. The van der Waals surface area contributed by atoms with Crippen molar-refractivity contribution in [2.75, 3.05) is 5.32 Å². The van der Waals surface area contributed by atoms with Crippen LogP contribution in [0.15, 0.2) is 41.3 Å². The summed E-state index contributed by atoms with van der Waals surface area (Å²) >= 11 is 4.22. The van der Waals surface area contributed by atoms with Crippen molar-refractivity contribution in [3.63, 3.8) is 0 Å². The summed E-state index contributed by atoms with van der Waals surface area (Å²) in [6.07, 6.45) is 0. The molecular weight excluding hydrogens is 261 g/mol. The first kappa shape index (κ1) is 13.6. The fourth-order valence-corrected chi connectivity index (χ4v) is 1.99. The van der Waals surface area contributed by atoms with Crippen LogP contribution in [0.25, 0.3) is 0 Å². The van der Waals surface area contributed by atoms with Gasteiger partial charge in [-0.25, -0.2) is 4.39 Å². The fraction of sp³-hybridized carbons (Fsp3) is 0.133. The van der Waals surface area contributed by atoms with E-state index in [-0.39, 0.29) is 11.7 Å². The van der Waals surface area contributed by atoms with Crippen LogP contribution >= 0.6 is 12.6 Å². The molecule has 0 bridgehead atoms. The number of carbonyl (C=O) groups is 1. The summed E-state index contributed by atoms with van der Waals surface area (Å²) in [6, 6.07) is 9.96. The van der Waals surface area contributed by atoms with Gasteiger partial charge in [-0.05, 0) is 43.7 Å². The lowest BCUT2D eigenvalue weighted by Gasteiger charge is -2.11. The summed E-state index contributed by atoms with van der Waals surface area (Å²) in [5, 5.41) is 2.72. The van der Waals surface area contributed by atoms with Gasteiger partial charge in [0.05, 0.1) is 0 Å². The Kier molecular flexibility index (Phi) is 3.90. The van der Waals surface area contributed by atoms with Gasteiger partial charge >= 0.3 is 0 Å². The molecule has 0 aliphatic rings. The summed E-state index contributed by atoms with van der Waals surface area (Å²) in [4.78, 5) is 12.9. The summed E-state index contributed by atoms with van der Waals surface area (Å²) in [6.45, 7) is 3.48. The van der Waals surface area contributed by atoms with E-state index in [4.69, 9.17) is 0 Å². The van der Waals surface area contributed by atoms with Crippen molar-refractivity contribution >= 4 is 24.2 Å². The molecule has 0 heterocycles. The number of hydrogen-bond donors (Lipinski definition) is 2. The van der Waals surface area contributed by atoms with Crippen LogP contribution in [-0.2, 0) is 0 Å². The van der Waals surface area contributed by atoms with Gasteiger partial charge in [0.15, 0.2) is 0 Å². The third kappa shape index (κ3) is 2.96. The number of anilines is 1. The van der Waals surface area contributed by atoms with Gasteiger partial charge in [0.1, 0.15) is 5.82 Å². The van der Waals surface area contributed by atoms with E-state index in [2.05, 4.69) is 17.9 Å². The second kappa shape index (κ2) is 5.45. The van der Waals surface area contributed by atoms with Crippen molar-refractivity contribution in [1.82, 2.24) is 0 Å². The van der Waals surface area contributed by atoms with Crippen molar-refractivity contribution in [1.29, 1.82) is 0 Å². The maximum absolute atomic E-state index is 13.4. The monoisotopic (exact) mass is 275 g/mol. The fourth-order valence-electron chi connectivity index (χ4n) is 1.79. The molecule has 19 heavy (non-hydrogen) atoms. The van der Waals surface area contributed by atoms with Gasteiger partial charge in [0.2, 0.25) is 0 Å². The molecular formula is C15H14FNOS. The number of carbonyl (C=O) groups excluding carboxylic acids is 1. The molecule has 0 aromatic heterocycles. The Balaban J connectivity index is 2.31. The van der Waals surface area contributed by atoms with Crippen molar-refractivity contribution in [3.05, 3.63) is 58.9 Å². The lowest BCUT2D eigenvalue weighted by molar-refractivity contribution is 0.102. The Morgan fingerprint density at radius 2 is 1.95 bits per heavy atom. The largest absolute Gasteiger partial charge is 0.322 e. The molecule has 2 aromatic rings. The van der Waals surface area contributed by atoms with E-state index in [0.29, 0.717) is 21.7 Å². The van der Waals surface area contributed by atoms with Gasteiger partial charge in [0, 0.05) is 21.7 Å². The topological polar surface area (TPSA) is 29.1 Å². The first-order valence-corrected chi connectivity index (χ1v) is 6.30. The Morgan fingerprint density at radius 1 is 1.21 bits per heavy atom. The molecule has 0 saturated heterocycles. The van der Waals surface area contributed by atoms with E-state index in [0.717, 1.165) is 5.56 Å². The summed E-state index contributed by atoms with van der Waals surface area (Å²) < 4.78 is 13.4. The van der Waals surface area contributed by atoms with E-state index < -0.39 is 0 Å². The van der Waals surface area contributed by atoms with Crippen LogP contribution in [0.2, 0.25) is 0 Å². The number of aryl methyl sites for hydroxylation is 1. The van der Waals surface area contributed by atoms with E-state index in [1.54, 1.807) is 25.1 Å². The third-order valence-electron chi connectivity index (χ3n) is 2.98. The van der Waals surface area contributed by atoms with E-state index in [9.17, 15) is 9.18 Å². The molecule has 0 atom stereocenters. The van der Waals surface area contributed by atoms with Crippen LogP contribution in [0.5, 0.6) is 0 Å². The SMILES string of the molecule is Cc1ccc(S)cc1C(=O)Nc1cccc(F)c1C. The molecule has 2 aromatic carbocycles. The Labute approximate surface area is 117 Å². The summed E-state index contributed by atoms with van der Waals surface area (Å²) in [5.41, 5.74) is 2.30. The molecule has 98 valence electrons. The van der Waals surface area contributed by atoms with E-state index in [1.807, 2.05) is 19.1 Å². The molecule has 0 fully saturated rings. The highest BCUT2D eigenvalue weighted by molar-refractivity contribution is 7.80. The van der Waals surface area contributed by atoms with Gasteiger partial charge in [-0.2, -0.15) is 0 Å². The smallest absolute Gasteiger partial charge is 0.255 e. The van der Waals surface area contributed by atoms with Crippen molar-refractivity contribution in [2.45, 2.75) is 18.7 Å².